The Morgan fingerprint density at radius 1 is 1.38 bits per heavy atom. The molecule has 0 aliphatic carbocycles. The van der Waals surface area contributed by atoms with E-state index in [9.17, 15) is 4.79 Å². The summed E-state index contributed by atoms with van der Waals surface area (Å²) in [6.45, 7) is 2.97. The quantitative estimate of drug-likeness (QED) is 0.860. The Labute approximate surface area is 157 Å². The monoisotopic (exact) mass is 369 g/mol. The summed E-state index contributed by atoms with van der Waals surface area (Å²) in [7, 11) is 1.68. The molecule has 3 aliphatic rings. The number of carbonyl (C=O) groups excluding carboxylic acids is 1. The van der Waals surface area contributed by atoms with Crippen LogP contribution in [0, 0.1) is 0 Å². The van der Waals surface area contributed by atoms with Crippen molar-refractivity contribution < 1.29 is 9.53 Å². The van der Waals surface area contributed by atoms with Crippen molar-refractivity contribution in [2.45, 2.75) is 24.1 Å². The van der Waals surface area contributed by atoms with Crippen molar-refractivity contribution in [1.82, 2.24) is 4.90 Å². The summed E-state index contributed by atoms with van der Waals surface area (Å²) < 4.78 is 5.59. The molecule has 1 saturated heterocycles. The highest BCUT2D eigenvalue weighted by Gasteiger charge is 2.29. The van der Waals surface area contributed by atoms with E-state index < -0.39 is 0 Å². The summed E-state index contributed by atoms with van der Waals surface area (Å²) in [6, 6.07) is 4.10. The number of methoxy groups -OCH3 is 1. The molecule has 4 rings (SSSR count). The minimum atomic E-state index is -0.217. The molecule has 0 bridgehead atoms. The van der Waals surface area contributed by atoms with Crippen molar-refractivity contribution in [2.24, 2.45) is 10.7 Å². The molecule has 0 radical (unpaired) electrons. The van der Waals surface area contributed by atoms with Crippen LogP contribution < -0.4 is 21.0 Å². The summed E-state index contributed by atoms with van der Waals surface area (Å²) in [6.07, 6.45) is 8.43. The minimum absolute atomic E-state index is 0.0766. The summed E-state index contributed by atoms with van der Waals surface area (Å²) in [5.74, 6) is 0.731. The fourth-order valence-corrected chi connectivity index (χ4v) is 4.61. The van der Waals surface area contributed by atoms with Crippen LogP contribution in [-0.4, -0.2) is 48.8 Å². The summed E-state index contributed by atoms with van der Waals surface area (Å²) in [4.78, 5) is 18.9. The first kappa shape index (κ1) is 17.5. The average molecular weight is 369 g/mol. The number of carbonyl (C=O) groups is 1. The van der Waals surface area contributed by atoms with Gasteiger partial charge in [0.15, 0.2) is 0 Å². The fraction of sp³-hybridized carbons (Fsp3) is 0.400. The number of nitrogens with zero attached hydrogens (tertiary/aromatic N) is 2. The van der Waals surface area contributed by atoms with Crippen molar-refractivity contribution in [3.05, 3.63) is 45.8 Å². The van der Waals surface area contributed by atoms with Crippen LogP contribution in [0.5, 0.6) is 5.75 Å². The number of amides is 1. The zero-order chi connectivity index (χ0) is 18.1. The molecule has 2 N–H and O–H groups in total. The molecular weight excluding hydrogens is 346 g/mol. The number of nitrogens with two attached hydrogens (primary N) is 1. The van der Waals surface area contributed by atoms with E-state index in [1.165, 1.54) is 11.8 Å². The summed E-state index contributed by atoms with van der Waals surface area (Å²) in [5, 5.41) is 3.52. The van der Waals surface area contributed by atoms with Gasteiger partial charge >= 0.3 is 0 Å². The van der Waals surface area contributed by atoms with Crippen LogP contribution >= 0.6 is 11.8 Å². The lowest BCUT2D eigenvalue weighted by molar-refractivity contribution is -0.116. The highest BCUT2D eigenvalue weighted by Crippen LogP contribution is 2.32. The average Bonchev–Trinajstić information content (AvgIpc) is 3.14. The van der Waals surface area contributed by atoms with Crippen molar-refractivity contribution in [1.29, 1.82) is 0 Å². The van der Waals surface area contributed by atoms with Crippen molar-refractivity contribution in [3.63, 3.8) is 0 Å². The molecule has 136 valence electrons. The smallest absolute Gasteiger partial charge is 0.264 e. The fourth-order valence-electron chi connectivity index (χ4n) is 3.72. The molecule has 0 aromatic heterocycles. The molecule has 26 heavy (non-hydrogen) atoms. The highest BCUT2D eigenvalue weighted by molar-refractivity contribution is 8.04. The van der Waals surface area contributed by atoms with Gasteiger partial charge in [0.05, 0.1) is 12.5 Å². The standard InChI is InChI=1S/C20H23N3O2S/c1-25-17-5-4-16-18(15-8-12-26-19(15)20(24)22-16)14(17)3-2-9-23-10-6-13(21)7-11-23/h2-5,8,12-13,19H,6-7,9-11,21H2,1H3/b3-2+. The van der Waals surface area contributed by atoms with Gasteiger partial charge in [0.25, 0.3) is 5.91 Å². The first-order valence-corrected chi connectivity index (χ1v) is 9.92. The van der Waals surface area contributed by atoms with Gasteiger partial charge in [-0.3, -0.25) is 9.69 Å². The van der Waals surface area contributed by atoms with Gasteiger partial charge in [0, 0.05) is 23.4 Å². The molecule has 0 spiro atoms. The van der Waals surface area contributed by atoms with Crippen LogP contribution in [0.15, 0.2) is 34.7 Å². The maximum Gasteiger partial charge on any atom is 0.264 e. The molecule has 1 amide bonds. The predicted molar refractivity (Wildman–Crippen MR) is 105 cm³/mol. The molecule has 1 atom stereocenters. The predicted octanol–water partition coefficient (Wildman–Crippen LogP) is 1.07. The van der Waals surface area contributed by atoms with Gasteiger partial charge in [0.1, 0.15) is 11.0 Å². The van der Waals surface area contributed by atoms with E-state index in [0.29, 0.717) is 6.04 Å². The van der Waals surface area contributed by atoms with E-state index in [-0.39, 0.29) is 11.2 Å². The van der Waals surface area contributed by atoms with Crippen LogP contribution in [0.1, 0.15) is 18.4 Å². The van der Waals surface area contributed by atoms with Crippen molar-refractivity contribution in [2.75, 3.05) is 26.7 Å². The molecule has 6 heteroatoms. The zero-order valence-electron chi connectivity index (χ0n) is 14.9. The second-order valence-corrected chi connectivity index (χ2v) is 7.86. The highest BCUT2D eigenvalue weighted by atomic mass is 32.2. The number of thioether (sulfide) groups is 1. The zero-order valence-corrected chi connectivity index (χ0v) is 15.7. The Bertz CT molecular complexity index is 898. The van der Waals surface area contributed by atoms with Crippen molar-refractivity contribution >= 4 is 29.3 Å². The van der Waals surface area contributed by atoms with E-state index in [4.69, 9.17) is 10.5 Å². The first-order valence-electron chi connectivity index (χ1n) is 8.97. The Hall–Kier alpha value is -1.89. The molecule has 5 nitrogen and oxygen atoms in total. The lowest BCUT2D eigenvalue weighted by Gasteiger charge is -2.28. The van der Waals surface area contributed by atoms with E-state index in [1.54, 1.807) is 7.11 Å². The van der Waals surface area contributed by atoms with Gasteiger partial charge in [-0.2, -0.15) is 0 Å². The number of benzene rings is 1. The van der Waals surface area contributed by atoms with Gasteiger partial charge < -0.3 is 10.5 Å². The first-order chi connectivity index (χ1) is 12.7. The van der Waals surface area contributed by atoms with E-state index in [2.05, 4.69) is 22.0 Å². The topological polar surface area (TPSA) is 67.9 Å². The number of rotatable bonds is 4. The van der Waals surface area contributed by atoms with Crippen LogP contribution in [0.25, 0.3) is 11.6 Å². The molecule has 1 unspecified atom stereocenters. The second-order valence-electron chi connectivity index (χ2n) is 6.84. The molecule has 1 aromatic rings. The molecular formula is C20H23N3O2S. The molecule has 3 aliphatic heterocycles. The molecule has 1 fully saturated rings. The van der Waals surface area contributed by atoms with Gasteiger partial charge in [-0.15, -0.1) is 11.8 Å². The van der Waals surface area contributed by atoms with Gasteiger partial charge in [-0.25, -0.2) is 4.99 Å². The van der Waals surface area contributed by atoms with E-state index in [1.807, 2.05) is 23.6 Å². The number of hydrogen-bond donors (Lipinski definition) is 1. The maximum atomic E-state index is 12.2. The third kappa shape index (κ3) is 3.24. The van der Waals surface area contributed by atoms with Crippen LogP contribution in [-0.2, 0) is 4.79 Å². The summed E-state index contributed by atoms with van der Waals surface area (Å²) >= 11 is 1.52. The number of fused-ring (bicyclic) bond motifs is 2. The SMILES string of the molecule is COc1ccc2c(c1/C=C/CN1CCC(N)CC1)=C1C=CSC1C(=O)N=2. The third-order valence-electron chi connectivity index (χ3n) is 5.17. The van der Waals surface area contributed by atoms with Crippen LogP contribution in [0.4, 0.5) is 0 Å². The third-order valence-corrected chi connectivity index (χ3v) is 6.19. The normalized spacial score (nSPS) is 23.2. The molecule has 0 saturated carbocycles. The van der Waals surface area contributed by atoms with Gasteiger partial charge in [0.2, 0.25) is 0 Å². The number of likely N-dealkylation sites (tertiary alicyclic amines) is 1. The maximum absolute atomic E-state index is 12.2. The second kappa shape index (κ2) is 7.39. The van der Waals surface area contributed by atoms with Gasteiger partial charge in [-0.05, 0) is 49.0 Å². The lowest BCUT2D eigenvalue weighted by Crippen LogP contribution is -2.40. The Morgan fingerprint density at radius 2 is 2.19 bits per heavy atom. The Kier molecular flexibility index (Phi) is 4.98. The number of piperidine rings is 1. The molecule has 3 heterocycles. The number of hydrogen-bond acceptors (Lipinski definition) is 5. The van der Waals surface area contributed by atoms with Crippen molar-refractivity contribution in [3.8, 4) is 5.75 Å². The number of ether oxygens (including phenoxy) is 1. The lowest BCUT2D eigenvalue weighted by atomic mass is 9.99. The largest absolute Gasteiger partial charge is 0.496 e. The van der Waals surface area contributed by atoms with E-state index in [0.717, 1.165) is 59.9 Å². The molecule has 1 aromatic carbocycles. The Balaban J connectivity index is 1.70. The van der Waals surface area contributed by atoms with Crippen LogP contribution in [0.2, 0.25) is 0 Å². The number of allylic oxidation sites excluding steroid dienone is 1. The van der Waals surface area contributed by atoms with Gasteiger partial charge in [-0.1, -0.05) is 18.2 Å². The minimum Gasteiger partial charge on any atom is -0.496 e. The van der Waals surface area contributed by atoms with E-state index >= 15 is 0 Å². The Morgan fingerprint density at radius 3 is 2.96 bits per heavy atom. The van der Waals surface area contributed by atoms with Crippen LogP contribution in [0.3, 0.4) is 0 Å². The summed E-state index contributed by atoms with van der Waals surface area (Å²) in [5.41, 5.74) is 8.02.